The monoisotopic (exact) mass is 386 g/mol. The number of carbonyl (C=O) groups is 1. The first-order chi connectivity index (χ1) is 13.3. The average Bonchev–Trinajstić information content (AvgIpc) is 2.61. The zero-order valence-electron chi connectivity index (χ0n) is 17.7. The van der Waals surface area contributed by atoms with Gasteiger partial charge in [0.1, 0.15) is 17.1 Å². The predicted molar refractivity (Wildman–Crippen MR) is 113 cm³/mol. The van der Waals surface area contributed by atoms with E-state index in [9.17, 15) is 15.0 Å². The zero-order valence-corrected chi connectivity index (χ0v) is 17.7. The number of ether oxygens (including phenoxy) is 1. The second kappa shape index (κ2) is 9.81. The number of phenolic OH excluding ortho intramolecular Hbond substituents is 2. The number of phenols is 2. The lowest BCUT2D eigenvalue weighted by Crippen LogP contribution is -2.19. The van der Waals surface area contributed by atoms with Crippen molar-refractivity contribution >= 4 is 5.97 Å². The summed E-state index contributed by atoms with van der Waals surface area (Å²) < 4.78 is 5.22. The Morgan fingerprint density at radius 2 is 2.00 bits per heavy atom. The fraction of sp³-hybridized carbons (Fsp3) is 0.542. The Kier molecular flexibility index (Phi) is 7.73. The number of esters is 1. The standard InChI is InChI=1S/C24H34O4/c1-6-8-9-10-17-14-20(25)22(23(26)21(17)24(27)28-7-2)19-13-16(5)11-12-18(19)15(3)4/h13-14,18-19,25-26H,3,6-12H2,1-2,4-5H3/t18-,19?/m0/s1. The highest BCUT2D eigenvalue weighted by molar-refractivity contribution is 5.95. The van der Waals surface area contributed by atoms with Crippen LogP contribution in [0.4, 0.5) is 0 Å². The van der Waals surface area contributed by atoms with Gasteiger partial charge in [0, 0.05) is 11.5 Å². The van der Waals surface area contributed by atoms with Gasteiger partial charge in [-0.3, -0.25) is 0 Å². The summed E-state index contributed by atoms with van der Waals surface area (Å²) in [7, 11) is 0. The molecule has 0 radical (unpaired) electrons. The van der Waals surface area contributed by atoms with Crippen LogP contribution in [0.2, 0.25) is 0 Å². The summed E-state index contributed by atoms with van der Waals surface area (Å²) in [5.41, 5.74) is 3.48. The SMILES string of the molecule is C=C(C)[C@@H]1CCC(C)=CC1c1c(O)cc(CCCCC)c(C(=O)OCC)c1O. The third-order valence-corrected chi connectivity index (χ3v) is 5.64. The summed E-state index contributed by atoms with van der Waals surface area (Å²) in [6.45, 7) is 12.2. The Bertz CT molecular complexity index is 760. The Morgan fingerprint density at radius 1 is 1.29 bits per heavy atom. The second-order valence-electron chi connectivity index (χ2n) is 7.90. The molecule has 0 bridgehead atoms. The summed E-state index contributed by atoms with van der Waals surface area (Å²) in [4.78, 5) is 12.6. The minimum Gasteiger partial charge on any atom is -0.507 e. The van der Waals surface area contributed by atoms with Gasteiger partial charge in [0.25, 0.3) is 0 Å². The van der Waals surface area contributed by atoms with E-state index in [1.807, 2.05) is 6.92 Å². The quantitative estimate of drug-likeness (QED) is 0.325. The largest absolute Gasteiger partial charge is 0.507 e. The topological polar surface area (TPSA) is 66.8 Å². The van der Waals surface area contributed by atoms with Crippen molar-refractivity contribution in [2.75, 3.05) is 6.61 Å². The van der Waals surface area contributed by atoms with Crippen LogP contribution in [0.25, 0.3) is 0 Å². The van der Waals surface area contributed by atoms with Gasteiger partial charge in [-0.25, -0.2) is 4.79 Å². The molecule has 1 aliphatic rings. The van der Waals surface area contributed by atoms with Crippen LogP contribution < -0.4 is 0 Å². The Balaban J connectivity index is 2.61. The lowest BCUT2D eigenvalue weighted by Gasteiger charge is -2.32. The molecule has 2 rings (SSSR count). The number of aromatic hydroxyl groups is 2. The number of carbonyl (C=O) groups excluding carboxylic acids is 1. The average molecular weight is 387 g/mol. The van der Waals surface area contributed by atoms with Gasteiger partial charge in [0.2, 0.25) is 0 Å². The molecule has 1 aliphatic carbocycles. The van der Waals surface area contributed by atoms with Gasteiger partial charge >= 0.3 is 5.97 Å². The molecule has 0 aliphatic heterocycles. The molecule has 1 aromatic rings. The molecular formula is C24H34O4. The molecule has 2 N–H and O–H groups in total. The van der Waals surface area contributed by atoms with Crippen molar-refractivity contribution in [3.8, 4) is 11.5 Å². The molecule has 0 amide bonds. The van der Waals surface area contributed by atoms with E-state index in [1.54, 1.807) is 13.0 Å². The minimum absolute atomic E-state index is 0.0410. The predicted octanol–water partition coefficient (Wildman–Crippen LogP) is 6.02. The molecule has 1 unspecified atom stereocenters. The smallest absolute Gasteiger partial charge is 0.342 e. The number of allylic oxidation sites excluding steroid dienone is 3. The van der Waals surface area contributed by atoms with Crippen LogP contribution in [0.15, 0.2) is 29.9 Å². The van der Waals surface area contributed by atoms with Crippen LogP contribution >= 0.6 is 0 Å². The molecule has 0 saturated carbocycles. The van der Waals surface area contributed by atoms with Gasteiger partial charge in [-0.15, -0.1) is 0 Å². The summed E-state index contributed by atoms with van der Waals surface area (Å²) in [5, 5.41) is 22.0. The van der Waals surface area contributed by atoms with Crippen molar-refractivity contribution in [1.82, 2.24) is 0 Å². The third-order valence-electron chi connectivity index (χ3n) is 5.64. The molecule has 4 nitrogen and oxygen atoms in total. The molecule has 0 spiro atoms. The van der Waals surface area contributed by atoms with Crippen LogP contribution in [-0.2, 0) is 11.2 Å². The zero-order chi connectivity index (χ0) is 20.8. The van der Waals surface area contributed by atoms with Gasteiger partial charge in [-0.2, -0.15) is 0 Å². The van der Waals surface area contributed by atoms with E-state index in [0.29, 0.717) is 17.5 Å². The molecule has 4 heteroatoms. The molecule has 0 aromatic heterocycles. The molecule has 0 fully saturated rings. The highest BCUT2D eigenvalue weighted by Gasteiger charge is 2.33. The van der Waals surface area contributed by atoms with Gasteiger partial charge < -0.3 is 14.9 Å². The number of hydrogen-bond donors (Lipinski definition) is 2. The summed E-state index contributed by atoms with van der Waals surface area (Å²) in [5.74, 6) is -0.729. The van der Waals surface area contributed by atoms with Gasteiger partial charge in [0.05, 0.1) is 6.61 Å². The maximum absolute atomic E-state index is 12.6. The molecule has 154 valence electrons. The number of rotatable bonds is 8. The Morgan fingerprint density at radius 3 is 2.61 bits per heavy atom. The molecule has 1 aromatic carbocycles. The minimum atomic E-state index is -0.531. The second-order valence-corrected chi connectivity index (χ2v) is 7.90. The van der Waals surface area contributed by atoms with Crippen molar-refractivity contribution < 1.29 is 19.7 Å². The van der Waals surface area contributed by atoms with E-state index in [1.165, 1.54) is 5.57 Å². The normalized spacial score (nSPS) is 19.2. The maximum Gasteiger partial charge on any atom is 0.342 e. The van der Waals surface area contributed by atoms with Gasteiger partial charge in [-0.1, -0.05) is 43.6 Å². The first-order valence-corrected chi connectivity index (χ1v) is 10.4. The Labute approximate surface area is 168 Å². The van der Waals surface area contributed by atoms with Crippen LogP contribution in [0.3, 0.4) is 0 Å². The molecular weight excluding hydrogens is 352 g/mol. The van der Waals surface area contributed by atoms with E-state index in [4.69, 9.17) is 4.74 Å². The summed E-state index contributed by atoms with van der Waals surface area (Å²) in [6.07, 6.45) is 7.54. The fourth-order valence-corrected chi connectivity index (χ4v) is 4.15. The number of aryl methyl sites for hydroxylation is 1. The molecule has 0 saturated heterocycles. The van der Waals surface area contributed by atoms with E-state index in [0.717, 1.165) is 37.7 Å². The Hall–Kier alpha value is -2.23. The van der Waals surface area contributed by atoms with Crippen molar-refractivity contribution in [2.45, 2.75) is 72.1 Å². The number of benzene rings is 1. The van der Waals surface area contributed by atoms with Crippen molar-refractivity contribution in [3.63, 3.8) is 0 Å². The molecule has 0 heterocycles. The third kappa shape index (κ3) is 4.78. The number of hydrogen-bond acceptors (Lipinski definition) is 4. The van der Waals surface area contributed by atoms with E-state index >= 15 is 0 Å². The maximum atomic E-state index is 12.6. The van der Waals surface area contributed by atoms with Crippen molar-refractivity contribution in [3.05, 3.63) is 46.6 Å². The highest BCUT2D eigenvalue weighted by atomic mass is 16.5. The summed E-state index contributed by atoms with van der Waals surface area (Å²) >= 11 is 0. The first-order valence-electron chi connectivity index (χ1n) is 10.4. The van der Waals surface area contributed by atoms with Crippen molar-refractivity contribution in [1.29, 1.82) is 0 Å². The fourth-order valence-electron chi connectivity index (χ4n) is 4.15. The molecule has 28 heavy (non-hydrogen) atoms. The first kappa shape index (κ1) is 22.1. The highest BCUT2D eigenvalue weighted by Crippen LogP contribution is 2.48. The summed E-state index contributed by atoms with van der Waals surface area (Å²) in [6, 6.07) is 1.64. The van der Waals surface area contributed by atoms with E-state index in [-0.39, 0.29) is 35.5 Å². The van der Waals surface area contributed by atoms with Crippen LogP contribution in [0, 0.1) is 5.92 Å². The van der Waals surface area contributed by atoms with Crippen LogP contribution in [0.1, 0.15) is 87.2 Å². The lowest BCUT2D eigenvalue weighted by molar-refractivity contribution is 0.0521. The van der Waals surface area contributed by atoms with E-state index < -0.39 is 5.97 Å². The molecule has 2 atom stereocenters. The van der Waals surface area contributed by atoms with Gasteiger partial charge in [-0.05, 0) is 64.0 Å². The van der Waals surface area contributed by atoms with Gasteiger partial charge in [0.15, 0.2) is 0 Å². The van der Waals surface area contributed by atoms with Crippen LogP contribution in [-0.4, -0.2) is 22.8 Å². The number of unbranched alkanes of at least 4 members (excludes halogenated alkanes) is 2. The van der Waals surface area contributed by atoms with Crippen LogP contribution in [0.5, 0.6) is 11.5 Å². The van der Waals surface area contributed by atoms with E-state index in [2.05, 4.69) is 26.5 Å². The van der Waals surface area contributed by atoms with Crippen molar-refractivity contribution in [2.24, 2.45) is 5.92 Å². The lowest BCUT2D eigenvalue weighted by atomic mass is 9.73.